The smallest absolute Gasteiger partial charge is 0.104 e. The summed E-state index contributed by atoms with van der Waals surface area (Å²) < 4.78 is 18.4. The lowest BCUT2D eigenvalue weighted by Gasteiger charge is -2.69. The van der Waals surface area contributed by atoms with Crippen molar-refractivity contribution in [2.75, 3.05) is 55.2 Å². The fraction of sp³-hybridized carbons (Fsp3) is 1.00. The first-order chi connectivity index (χ1) is 16.9. The van der Waals surface area contributed by atoms with Gasteiger partial charge in [-0.1, -0.05) is 6.92 Å². The van der Waals surface area contributed by atoms with E-state index in [9.17, 15) is 5.11 Å². The van der Waals surface area contributed by atoms with E-state index in [0.29, 0.717) is 13.0 Å². The fourth-order valence-electron chi connectivity index (χ4n) is 11.1. The summed E-state index contributed by atoms with van der Waals surface area (Å²) >= 11 is 0. The normalized spacial score (nSPS) is 56.0. The number of hydrogen-bond donors (Lipinski definition) is 1. The van der Waals surface area contributed by atoms with Gasteiger partial charge in [-0.15, -0.1) is 0 Å². The minimum absolute atomic E-state index is 0.0582. The first-order valence-corrected chi connectivity index (χ1v) is 13.3. The number of ether oxygens (including phenoxy) is 3. The molecule has 1 saturated heterocycles. The molecule has 1 spiro atoms. The highest BCUT2D eigenvalue weighted by atomic mass is 17.2. The Bertz CT molecular complexity index is 816. The molecule has 0 aromatic heterocycles. The summed E-state index contributed by atoms with van der Waals surface area (Å²) in [7, 11) is 8.56. The van der Waals surface area contributed by atoms with E-state index in [-0.39, 0.29) is 70.9 Å². The van der Waals surface area contributed by atoms with Crippen molar-refractivity contribution in [2.45, 2.75) is 68.7 Å². The van der Waals surface area contributed by atoms with Crippen LogP contribution in [0.1, 0.15) is 32.6 Å². The molecule has 5 saturated carbocycles. The van der Waals surface area contributed by atoms with Gasteiger partial charge >= 0.3 is 0 Å². The minimum atomic E-state index is -1.03. The predicted octanol–water partition coefficient (Wildman–Crippen LogP) is 1.67. The molecule has 1 heterocycles. The Hall–Kier alpha value is -0.360. The topological polar surface area (TPSA) is 88.1 Å². The molecule has 1 N–H and O–H groups in total. The molecule has 35 heavy (non-hydrogen) atoms. The quantitative estimate of drug-likeness (QED) is 0.378. The van der Waals surface area contributed by atoms with E-state index in [1.807, 2.05) is 7.11 Å². The molecule has 200 valence electrons. The molecule has 0 aromatic carbocycles. The molecule has 1 aliphatic heterocycles. The lowest BCUT2D eigenvalue weighted by Crippen LogP contribution is -2.76. The summed E-state index contributed by atoms with van der Waals surface area (Å²) in [6.07, 6.45) is 2.91. The number of aliphatic hydroxyl groups is 1. The average Bonchev–Trinajstić information content (AvgIpc) is 3.27. The molecule has 9 heteroatoms. The highest BCUT2D eigenvalue weighted by molar-refractivity contribution is 5.35. The number of fused-ring (bicyclic) bond motifs is 2. The van der Waals surface area contributed by atoms with E-state index in [2.05, 4.69) is 11.8 Å². The van der Waals surface area contributed by atoms with E-state index in [1.165, 1.54) is 0 Å². The molecule has 0 aromatic rings. The lowest BCUT2D eigenvalue weighted by atomic mass is 9.43. The average molecular weight is 498 g/mol. The van der Waals surface area contributed by atoms with Crippen LogP contribution < -0.4 is 0 Å². The lowest BCUT2D eigenvalue weighted by molar-refractivity contribution is -0.362. The van der Waals surface area contributed by atoms with Gasteiger partial charge in [0.1, 0.15) is 12.2 Å². The minimum Gasteiger partial charge on any atom is -0.389 e. The van der Waals surface area contributed by atoms with Gasteiger partial charge < -0.3 is 19.3 Å². The van der Waals surface area contributed by atoms with Crippen LogP contribution in [-0.4, -0.2) is 101 Å². The predicted molar refractivity (Wildman–Crippen MR) is 124 cm³/mol. The van der Waals surface area contributed by atoms with Gasteiger partial charge in [0.15, 0.2) is 0 Å². The van der Waals surface area contributed by atoms with Gasteiger partial charge in [-0.05, 0) is 31.7 Å². The van der Waals surface area contributed by atoms with E-state index in [1.54, 1.807) is 28.4 Å². The Labute approximate surface area is 208 Å². The Kier molecular flexibility index (Phi) is 6.11. The Morgan fingerprint density at radius 3 is 2.34 bits per heavy atom. The number of rotatable bonds is 9. The largest absolute Gasteiger partial charge is 0.389 e. The molecule has 13 atom stereocenters. The molecule has 0 radical (unpaired) electrons. The van der Waals surface area contributed by atoms with Crippen LogP contribution >= 0.6 is 0 Å². The molecule has 1 unspecified atom stereocenters. The van der Waals surface area contributed by atoms with Gasteiger partial charge in [-0.2, -0.15) is 0 Å². The van der Waals surface area contributed by atoms with Gasteiger partial charge in [-0.3, -0.25) is 4.90 Å². The van der Waals surface area contributed by atoms with Crippen molar-refractivity contribution >= 4 is 0 Å². The number of nitrogens with zero attached hydrogens (tertiary/aromatic N) is 1. The highest BCUT2D eigenvalue weighted by Gasteiger charge is 2.87. The molecular formula is C26H43NO8. The number of likely N-dealkylation sites (tertiary alicyclic amines) is 1. The van der Waals surface area contributed by atoms with Gasteiger partial charge in [0.2, 0.25) is 0 Å². The van der Waals surface area contributed by atoms with Crippen molar-refractivity contribution in [1.29, 1.82) is 0 Å². The van der Waals surface area contributed by atoms with Crippen molar-refractivity contribution < 1.29 is 38.9 Å². The Balaban J connectivity index is 1.62. The highest BCUT2D eigenvalue weighted by Crippen LogP contribution is 2.79. The fourth-order valence-corrected chi connectivity index (χ4v) is 11.1. The number of hydrogen-bond acceptors (Lipinski definition) is 9. The van der Waals surface area contributed by atoms with E-state index < -0.39 is 5.60 Å². The van der Waals surface area contributed by atoms with Crippen molar-refractivity contribution in [1.82, 2.24) is 4.90 Å². The van der Waals surface area contributed by atoms with Gasteiger partial charge in [0.05, 0.1) is 38.6 Å². The van der Waals surface area contributed by atoms with Crippen LogP contribution in [0.2, 0.25) is 0 Å². The van der Waals surface area contributed by atoms with Crippen LogP contribution in [0.4, 0.5) is 0 Å². The summed E-state index contributed by atoms with van der Waals surface area (Å²) in [5.74, 6) is 0.251. The second kappa shape index (κ2) is 8.58. The first-order valence-electron chi connectivity index (χ1n) is 13.3. The van der Waals surface area contributed by atoms with Gasteiger partial charge in [0.25, 0.3) is 0 Å². The Morgan fingerprint density at radius 1 is 0.971 bits per heavy atom. The SMILES string of the molecule is CCN1C[C@]2(COC)CC[C@H](OC)[C@]34C1[C@H]([C@H](OOC)[C@H]23)[C@@]1(O)C[C@H](OC)[C@H]2C[C@@H]4[C@@H]1[C@H]2OOC. The zero-order chi connectivity index (χ0) is 24.8. The van der Waals surface area contributed by atoms with Crippen molar-refractivity contribution in [3.05, 3.63) is 0 Å². The van der Waals surface area contributed by atoms with Crippen LogP contribution in [-0.2, 0) is 33.8 Å². The van der Waals surface area contributed by atoms with Crippen LogP contribution in [0.3, 0.4) is 0 Å². The van der Waals surface area contributed by atoms with E-state index in [4.69, 9.17) is 33.8 Å². The first kappa shape index (κ1) is 24.9. The second-order valence-electron chi connectivity index (χ2n) is 12.0. The zero-order valence-electron chi connectivity index (χ0n) is 22.0. The molecule has 9 nitrogen and oxygen atoms in total. The maximum Gasteiger partial charge on any atom is 0.104 e. The third-order valence-electron chi connectivity index (χ3n) is 11.5. The van der Waals surface area contributed by atoms with Gasteiger partial charge in [-0.25, -0.2) is 19.6 Å². The van der Waals surface area contributed by atoms with E-state index in [0.717, 1.165) is 32.4 Å². The van der Waals surface area contributed by atoms with Crippen LogP contribution in [0, 0.1) is 40.4 Å². The molecule has 6 fully saturated rings. The molecular weight excluding hydrogens is 454 g/mol. The maximum absolute atomic E-state index is 12.9. The Morgan fingerprint density at radius 2 is 1.71 bits per heavy atom. The summed E-state index contributed by atoms with van der Waals surface area (Å²) in [6.45, 7) is 4.73. The molecule has 5 aliphatic carbocycles. The molecule has 0 amide bonds. The number of piperidine rings is 1. The van der Waals surface area contributed by atoms with Crippen LogP contribution in [0.5, 0.6) is 0 Å². The van der Waals surface area contributed by atoms with Gasteiger partial charge in [0, 0.05) is 74.8 Å². The number of methoxy groups -OCH3 is 3. The summed E-state index contributed by atoms with van der Waals surface area (Å²) in [4.78, 5) is 25.6. The third kappa shape index (κ3) is 2.80. The standard InChI is InChI=1S/C26H43NO8/c1-7-27-12-24(13-29-2)9-8-17(31-4)26-15-10-14-16(30-3)11-25(28,18(15)20(14)34-32-5)19(23(26)27)21(22(24)26)35-33-6/h14-23,28H,7-13H2,1-6H3/t14-,15-,16+,17+,18-,19+,20+,21+,22-,23?,24+,25-,26+/m1/s1. The van der Waals surface area contributed by atoms with Crippen LogP contribution in [0.25, 0.3) is 0 Å². The van der Waals surface area contributed by atoms with E-state index >= 15 is 0 Å². The van der Waals surface area contributed by atoms with Crippen LogP contribution in [0.15, 0.2) is 0 Å². The van der Waals surface area contributed by atoms with Crippen molar-refractivity contribution in [3.63, 3.8) is 0 Å². The van der Waals surface area contributed by atoms with Crippen molar-refractivity contribution in [2.24, 2.45) is 40.4 Å². The summed E-state index contributed by atoms with van der Waals surface area (Å²) in [5, 5.41) is 12.9. The second-order valence-corrected chi connectivity index (χ2v) is 12.0. The third-order valence-corrected chi connectivity index (χ3v) is 11.5. The zero-order valence-corrected chi connectivity index (χ0v) is 22.0. The summed E-state index contributed by atoms with van der Waals surface area (Å²) in [5.41, 5.74) is -1.34. The molecule has 7 bridgehead atoms. The summed E-state index contributed by atoms with van der Waals surface area (Å²) in [6, 6.07) is 0.122. The molecule has 6 aliphatic rings. The molecule has 6 rings (SSSR count). The maximum atomic E-state index is 12.9. The van der Waals surface area contributed by atoms with Crippen molar-refractivity contribution in [3.8, 4) is 0 Å². The monoisotopic (exact) mass is 497 g/mol.